The van der Waals surface area contributed by atoms with Gasteiger partial charge in [-0.05, 0) is 31.5 Å². The number of halogens is 3. The van der Waals surface area contributed by atoms with E-state index in [1.165, 1.54) is 9.13 Å². The van der Waals surface area contributed by atoms with Gasteiger partial charge in [-0.1, -0.05) is 29.3 Å². The summed E-state index contributed by atoms with van der Waals surface area (Å²) in [5.74, 6) is 1.00. The fourth-order valence-electron chi connectivity index (χ4n) is 3.63. The Bertz CT molecular complexity index is 1390. The number of aromatic nitrogens is 5. The minimum Gasteiger partial charge on any atom is -0.313 e. The zero-order chi connectivity index (χ0) is 21.0. The monoisotopic (exact) mass is 453 g/mol. The summed E-state index contributed by atoms with van der Waals surface area (Å²) in [4.78, 5) is 30.9. The molecular weight excluding hydrogens is 437 g/mol. The van der Waals surface area contributed by atoms with Crippen LogP contribution in [0.5, 0.6) is 0 Å². The second kappa shape index (κ2) is 7.23. The van der Waals surface area contributed by atoms with Crippen molar-refractivity contribution >= 4 is 51.7 Å². The maximum absolute atomic E-state index is 13.4. The molecule has 29 heavy (non-hydrogen) atoms. The van der Waals surface area contributed by atoms with Crippen molar-refractivity contribution in [2.45, 2.75) is 26.9 Å². The van der Waals surface area contributed by atoms with Crippen LogP contribution in [0.4, 0.5) is 0 Å². The molecule has 0 N–H and O–H groups in total. The smallest absolute Gasteiger partial charge is 0.313 e. The Hall–Kier alpha value is -2.22. The van der Waals surface area contributed by atoms with Gasteiger partial charge in [0.15, 0.2) is 11.2 Å². The van der Waals surface area contributed by atoms with Crippen LogP contribution >= 0.6 is 34.8 Å². The van der Waals surface area contributed by atoms with Crippen molar-refractivity contribution in [2.24, 2.45) is 7.05 Å². The van der Waals surface area contributed by atoms with Gasteiger partial charge in [0.1, 0.15) is 0 Å². The van der Waals surface area contributed by atoms with Gasteiger partial charge in [0.25, 0.3) is 5.56 Å². The highest BCUT2D eigenvalue weighted by molar-refractivity contribution is 6.42. The maximum atomic E-state index is 13.4. The summed E-state index contributed by atoms with van der Waals surface area (Å²) in [6.45, 7) is 4.51. The van der Waals surface area contributed by atoms with E-state index < -0.39 is 11.2 Å². The van der Waals surface area contributed by atoms with Crippen molar-refractivity contribution in [2.75, 3.05) is 5.88 Å². The molecule has 152 valence electrons. The van der Waals surface area contributed by atoms with Gasteiger partial charge < -0.3 is 4.57 Å². The molecule has 0 unspecified atom stereocenters. The SMILES string of the molecule is Cc1c(C)n2c3c(=O)n(Cc4ccc(Cl)c(Cl)c4)c(=O)n(C)c3nc2n1CCCl. The normalized spacial score (nSPS) is 11.8. The zero-order valence-electron chi connectivity index (χ0n) is 16.0. The van der Waals surface area contributed by atoms with Crippen LogP contribution in [0.25, 0.3) is 16.9 Å². The average Bonchev–Trinajstić information content (AvgIpc) is 3.18. The molecule has 3 heterocycles. The van der Waals surface area contributed by atoms with Crippen molar-refractivity contribution in [1.82, 2.24) is 23.1 Å². The Labute approximate surface area is 180 Å². The number of alkyl halides is 1. The second-order valence-corrected chi connectivity index (χ2v) is 8.10. The topological polar surface area (TPSA) is 66.2 Å². The first kappa shape index (κ1) is 20.1. The fourth-order valence-corrected chi connectivity index (χ4v) is 4.12. The molecule has 0 fully saturated rings. The maximum Gasteiger partial charge on any atom is 0.332 e. The zero-order valence-corrected chi connectivity index (χ0v) is 18.3. The van der Waals surface area contributed by atoms with Crippen molar-refractivity contribution < 1.29 is 0 Å². The number of nitrogens with zero attached hydrogens (tertiary/aromatic N) is 5. The van der Waals surface area contributed by atoms with Crippen LogP contribution < -0.4 is 11.2 Å². The Morgan fingerprint density at radius 1 is 1.03 bits per heavy atom. The van der Waals surface area contributed by atoms with Crippen LogP contribution in [0.2, 0.25) is 10.0 Å². The number of rotatable bonds is 4. The van der Waals surface area contributed by atoms with Gasteiger partial charge >= 0.3 is 5.69 Å². The second-order valence-electron chi connectivity index (χ2n) is 6.91. The van der Waals surface area contributed by atoms with Gasteiger partial charge in [0, 0.05) is 30.9 Å². The molecule has 0 saturated heterocycles. The molecule has 0 atom stereocenters. The molecule has 7 nitrogen and oxygen atoms in total. The van der Waals surface area contributed by atoms with E-state index in [1.54, 1.807) is 29.6 Å². The standard InChI is InChI=1S/C19H18Cl3N5O2/c1-10-11(2)27-15-16(23-18(27)25(10)7-6-20)24(3)19(29)26(17(15)28)9-12-4-5-13(21)14(22)8-12/h4-5,8H,6-7,9H2,1-3H3. The lowest BCUT2D eigenvalue weighted by molar-refractivity contribution is 0.656. The van der Waals surface area contributed by atoms with Crippen LogP contribution in [0.3, 0.4) is 0 Å². The molecule has 10 heteroatoms. The van der Waals surface area contributed by atoms with E-state index in [9.17, 15) is 9.59 Å². The van der Waals surface area contributed by atoms with Gasteiger partial charge in [0.2, 0.25) is 5.78 Å². The lowest BCUT2D eigenvalue weighted by Crippen LogP contribution is -2.39. The first-order chi connectivity index (χ1) is 13.8. The summed E-state index contributed by atoms with van der Waals surface area (Å²) in [5.41, 5.74) is 2.39. The Kier molecular flexibility index (Phi) is 5.01. The molecule has 4 aromatic rings. The third-order valence-electron chi connectivity index (χ3n) is 5.26. The van der Waals surface area contributed by atoms with E-state index in [2.05, 4.69) is 4.98 Å². The van der Waals surface area contributed by atoms with Gasteiger partial charge in [0.05, 0.1) is 16.6 Å². The number of aryl methyl sites for hydroxylation is 3. The average molecular weight is 455 g/mol. The van der Waals surface area contributed by atoms with E-state index in [1.807, 2.05) is 18.4 Å². The molecule has 0 spiro atoms. The highest BCUT2D eigenvalue weighted by Gasteiger charge is 2.22. The molecule has 0 aliphatic heterocycles. The largest absolute Gasteiger partial charge is 0.332 e. The van der Waals surface area contributed by atoms with E-state index in [-0.39, 0.29) is 6.54 Å². The quantitative estimate of drug-likeness (QED) is 0.444. The Balaban J connectivity index is 2.03. The highest BCUT2D eigenvalue weighted by Crippen LogP contribution is 2.23. The first-order valence-corrected chi connectivity index (χ1v) is 10.2. The van der Waals surface area contributed by atoms with Crippen LogP contribution in [-0.2, 0) is 20.1 Å². The summed E-state index contributed by atoms with van der Waals surface area (Å²) in [5, 5.41) is 0.779. The number of hydrogen-bond donors (Lipinski definition) is 0. The first-order valence-electron chi connectivity index (χ1n) is 8.93. The molecule has 0 radical (unpaired) electrons. The number of benzene rings is 1. The van der Waals surface area contributed by atoms with Crippen LogP contribution in [0.15, 0.2) is 27.8 Å². The summed E-state index contributed by atoms with van der Waals surface area (Å²) in [6.07, 6.45) is 0. The molecule has 3 aromatic heterocycles. The predicted octanol–water partition coefficient (Wildman–Crippen LogP) is 3.36. The summed E-state index contributed by atoms with van der Waals surface area (Å²) < 4.78 is 6.32. The fraction of sp³-hybridized carbons (Fsp3) is 0.316. The molecule has 0 bridgehead atoms. The number of fused-ring (bicyclic) bond motifs is 3. The van der Waals surface area contributed by atoms with Crippen LogP contribution in [0.1, 0.15) is 17.0 Å². The minimum atomic E-state index is -0.451. The predicted molar refractivity (Wildman–Crippen MR) is 116 cm³/mol. The third kappa shape index (κ3) is 2.99. The minimum absolute atomic E-state index is 0.0754. The van der Waals surface area contributed by atoms with Gasteiger partial charge in [-0.25, -0.2) is 4.79 Å². The number of hydrogen-bond acceptors (Lipinski definition) is 3. The molecule has 0 aliphatic carbocycles. The van der Waals surface area contributed by atoms with Crippen molar-refractivity contribution in [3.63, 3.8) is 0 Å². The Morgan fingerprint density at radius 3 is 2.41 bits per heavy atom. The van der Waals surface area contributed by atoms with Crippen molar-refractivity contribution in [3.8, 4) is 0 Å². The third-order valence-corrected chi connectivity index (χ3v) is 6.17. The van der Waals surface area contributed by atoms with Gasteiger partial charge in [-0.15, -0.1) is 11.6 Å². The molecule has 1 aromatic carbocycles. The highest BCUT2D eigenvalue weighted by atomic mass is 35.5. The van der Waals surface area contributed by atoms with E-state index in [4.69, 9.17) is 34.8 Å². The van der Waals surface area contributed by atoms with Crippen molar-refractivity contribution in [1.29, 1.82) is 0 Å². The summed E-state index contributed by atoms with van der Waals surface area (Å²) >= 11 is 18.0. The summed E-state index contributed by atoms with van der Waals surface area (Å²) in [7, 11) is 1.61. The van der Waals surface area contributed by atoms with Gasteiger partial charge in [-0.2, -0.15) is 4.98 Å². The van der Waals surface area contributed by atoms with E-state index in [0.29, 0.717) is 45.0 Å². The lowest BCUT2D eigenvalue weighted by atomic mass is 10.2. The molecular formula is C19H18Cl3N5O2. The number of imidazole rings is 2. The molecule has 4 rings (SSSR count). The van der Waals surface area contributed by atoms with Crippen LogP contribution in [0, 0.1) is 13.8 Å². The van der Waals surface area contributed by atoms with Crippen molar-refractivity contribution in [3.05, 3.63) is 66.0 Å². The van der Waals surface area contributed by atoms with E-state index in [0.717, 1.165) is 11.4 Å². The molecule has 0 amide bonds. The summed E-state index contributed by atoms with van der Waals surface area (Å²) in [6, 6.07) is 5.03. The molecule has 0 saturated carbocycles. The lowest BCUT2D eigenvalue weighted by Gasteiger charge is -2.09. The molecule has 0 aliphatic rings. The van der Waals surface area contributed by atoms with Crippen LogP contribution in [-0.4, -0.2) is 29.0 Å². The van der Waals surface area contributed by atoms with Gasteiger partial charge in [-0.3, -0.25) is 18.3 Å². The van der Waals surface area contributed by atoms with E-state index >= 15 is 0 Å². The Morgan fingerprint density at radius 2 is 1.76 bits per heavy atom.